The van der Waals surface area contributed by atoms with Crippen LogP contribution in [0.25, 0.3) is 0 Å². The van der Waals surface area contributed by atoms with E-state index in [2.05, 4.69) is 5.32 Å². The molecular formula is C23H17F3N2O4. The number of anilines is 1. The van der Waals surface area contributed by atoms with Crippen LogP contribution in [-0.2, 0) is 17.4 Å². The Kier molecular flexibility index (Phi) is 6.67. The largest absolute Gasteiger partial charge is 0.416 e. The minimum atomic E-state index is -4.54. The summed E-state index contributed by atoms with van der Waals surface area (Å²) in [6.07, 6.45) is -4.99. The SMILES string of the molecule is O=C(CCc1ccccc1C(F)(F)F)Nc1ccc([N+](=O)[O-])cc1C(=O)c1ccccc1. The zero-order valence-corrected chi connectivity index (χ0v) is 16.6. The van der Waals surface area contributed by atoms with Gasteiger partial charge in [0.05, 0.1) is 21.7 Å². The standard InChI is InChI=1S/C23H17F3N2O4/c24-23(25,26)19-9-5-4-6-15(19)10-13-21(29)27-20-12-11-17(28(31)32)14-18(20)22(30)16-7-2-1-3-8-16/h1-9,11-12,14H,10,13H2,(H,27,29). The second-order valence-corrected chi connectivity index (χ2v) is 6.89. The first-order valence-corrected chi connectivity index (χ1v) is 9.50. The average Bonchev–Trinajstić information content (AvgIpc) is 2.77. The third-order valence-electron chi connectivity index (χ3n) is 4.71. The molecule has 0 bridgehead atoms. The second-order valence-electron chi connectivity index (χ2n) is 6.89. The molecule has 0 fully saturated rings. The first-order valence-electron chi connectivity index (χ1n) is 9.50. The van der Waals surface area contributed by atoms with E-state index in [4.69, 9.17) is 0 Å². The van der Waals surface area contributed by atoms with Gasteiger partial charge in [-0.15, -0.1) is 0 Å². The first-order chi connectivity index (χ1) is 15.2. The number of ketones is 1. The highest BCUT2D eigenvalue weighted by atomic mass is 19.4. The normalized spacial score (nSPS) is 11.1. The third-order valence-corrected chi connectivity index (χ3v) is 4.71. The van der Waals surface area contributed by atoms with Gasteiger partial charge >= 0.3 is 6.18 Å². The summed E-state index contributed by atoms with van der Waals surface area (Å²) in [5, 5.41) is 13.6. The summed E-state index contributed by atoms with van der Waals surface area (Å²) in [6.45, 7) is 0. The van der Waals surface area contributed by atoms with Gasteiger partial charge in [0.2, 0.25) is 5.91 Å². The molecule has 0 aromatic heterocycles. The molecule has 164 valence electrons. The van der Waals surface area contributed by atoms with Gasteiger partial charge in [0, 0.05) is 24.1 Å². The van der Waals surface area contributed by atoms with Crippen molar-refractivity contribution in [1.82, 2.24) is 0 Å². The molecule has 1 amide bonds. The molecule has 9 heteroatoms. The highest BCUT2D eigenvalue weighted by Crippen LogP contribution is 2.32. The Morgan fingerprint density at radius 1 is 0.938 bits per heavy atom. The van der Waals surface area contributed by atoms with Gasteiger partial charge in [-0.05, 0) is 24.1 Å². The monoisotopic (exact) mass is 442 g/mol. The average molecular weight is 442 g/mol. The Morgan fingerprint density at radius 2 is 1.59 bits per heavy atom. The minimum absolute atomic E-state index is 0.0283. The Hall–Kier alpha value is -4.01. The van der Waals surface area contributed by atoms with E-state index >= 15 is 0 Å². The van der Waals surface area contributed by atoms with Gasteiger partial charge in [0.15, 0.2) is 5.78 Å². The van der Waals surface area contributed by atoms with E-state index in [1.807, 2.05) is 0 Å². The molecular weight excluding hydrogens is 425 g/mol. The van der Waals surface area contributed by atoms with Crippen LogP contribution in [0.1, 0.15) is 33.5 Å². The molecule has 0 atom stereocenters. The molecule has 0 aliphatic carbocycles. The van der Waals surface area contributed by atoms with Crippen molar-refractivity contribution in [2.24, 2.45) is 0 Å². The van der Waals surface area contributed by atoms with Crippen LogP contribution in [-0.4, -0.2) is 16.6 Å². The van der Waals surface area contributed by atoms with Gasteiger partial charge in [-0.1, -0.05) is 48.5 Å². The lowest BCUT2D eigenvalue weighted by molar-refractivity contribution is -0.384. The van der Waals surface area contributed by atoms with E-state index in [0.29, 0.717) is 0 Å². The van der Waals surface area contributed by atoms with Crippen molar-refractivity contribution in [3.05, 3.63) is 105 Å². The highest BCUT2D eigenvalue weighted by molar-refractivity contribution is 6.14. The number of nitro groups is 1. The molecule has 3 aromatic rings. The summed E-state index contributed by atoms with van der Waals surface area (Å²) in [4.78, 5) is 35.8. The lowest BCUT2D eigenvalue weighted by Crippen LogP contribution is -2.17. The highest BCUT2D eigenvalue weighted by Gasteiger charge is 2.32. The van der Waals surface area contributed by atoms with Crippen LogP contribution in [0, 0.1) is 10.1 Å². The lowest BCUT2D eigenvalue weighted by atomic mass is 10.00. The molecule has 0 unspecified atom stereocenters. The maximum Gasteiger partial charge on any atom is 0.416 e. The molecule has 0 aliphatic rings. The molecule has 32 heavy (non-hydrogen) atoms. The number of amides is 1. The van der Waals surface area contributed by atoms with Crippen molar-refractivity contribution in [2.75, 3.05) is 5.32 Å². The van der Waals surface area contributed by atoms with Crippen molar-refractivity contribution in [3.8, 4) is 0 Å². The number of aryl methyl sites for hydroxylation is 1. The molecule has 1 N–H and O–H groups in total. The predicted octanol–water partition coefficient (Wildman–Crippen LogP) is 5.42. The van der Waals surface area contributed by atoms with Gasteiger partial charge in [-0.3, -0.25) is 19.7 Å². The number of benzene rings is 3. The summed E-state index contributed by atoms with van der Waals surface area (Å²) in [5.74, 6) is -1.16. The molecule has 0 radical (unpaired) electrons. The number of nitrogens with zero attached hydrogens (tertiary/aromatic N) is 1. The Morgan fingerprint density at radius 3 is 2.25 bits per heavy atom. The van der Waals surface area contributed by atoms with Gasteiger partial charge in [-0.2, -0.15) is 13.2 Å². The number of nitro benzene ring substituents is 1. The van der Waals surface area contributed by atoms with Gasteiger partial charge in [-0.25, -0.2) is 0 Å². The fourth-order valence-corrected chi connectivity index (χ4v) is 3.16. The number of rotatable bonds is 7. The lowest BCUT2D eigenvalue weighted by Gasteiger charge is -2.13. The zero-order valence-electron chi connectivity index (χ0n) is 16.6. The number of hydrogen-bond donors (Lipinski definition) is 1. The molecule has 0 saturated carbocycles. The van der Waals surface area contributed by atoms with Crippen molar-refractivity contribution in [3.63, 3.8) is 0 Å². The Labute approximate surface area is 180 Å². The van der Waals surface area contributed by atoms with Crippen LogP contribution in [0.15, 0.2) is 72.8 Å². The van der Waals surface area contributed by atoms with Gasteiger partial charge < -0.3 is 5.32 Å². The molecule has 0 saturated heterocycles. The van der Waals surface area contributed by atoms with Crippen LogP contribution in [0.5, 0.6) is 0 Å². The van der Waals surface area contributed by atoms with E-state index in [0.717, 1.165) is 18.2 Å². The fourth-order valence-electron chi connectivity index (χ4n) is 3.16. The molecule has 0 aliphatic heterocycles. The fraction of sp³-hybridized carbons (Fsp3) is 0.130. The predicted molar refractivity (Wildman–Crippen MR) is 111 cm³/mol. The Bertz CT molecular complexity index is 1160. The van der Waals surface area contributed by atoms with E-state index in [1.54, 1.807) is 18.2 Å². The van der Waals surface area contributed by atoms with Crippen molar-refractivity contribution in [2.45, 2.75) is 19.0 Å². The quantitative estimate of drug-likeness (QED) is 0.301. The number of alkyl halides is 3. The number of nitrogens with one attached hydrogen (secondary N) is 1. The van der Waals surface area contributed by atoms with Crippen molar-refractivity contribution >= 4 is 23.1 Å². The topological polar surface area (TPSA) is 89.3 Å². The number of halogens is 3. The number of non-ortho nitro benzene ring substituents is 1. The summed E-state index contributed by atoms with van der Waals surface area (Å²) < 4.78 is 39.4. The van der Waals surface area contributed by atoms with E-state index in [1.165, 1.54) is 36.4 Å². The third kappa shape index (κ3) is 5.37. The summed E-state index contributed by atoms with van der Waals surface area (Å²) in [6, 6.07) is 16.4. The van der Waals surface area contributed by atoms with E-state index in [-0.39, 0.29) is 40.9 Å². The number of carbonyl (C=O) groups is 2. The number of carbonyl (C=O) groups excluding carboxylic acids is 2. The first kappa shape index (κ1) is 22.7. The molecule has 3 aromatic carbocycles. The van der Waals surface area contributed by atoms with Crippen LogP contribution in [0.4, 0.5) is 24.5 Å². The van der Waals surface area contributed by atoms with Crippen LogP contribution in [0.3, 0.4) is 0 Å². The summed E-state index contributed by atoms with van der Waals surface area (Å²) >= 11 is 0. The van der Waals surface area contributed by atoms with Crippen molar-refractivity contribution < 1.29 is 27.7 Å². The second kappa shape index (κ2) is 9.42. The molecule has 6 nitrogen and oxygen atoms in total. The van der Waals surface area contributed by atoms with E-state index < -0.39 is 28.4 Å². The summed E-state index contributed by atoms with van der Waals surface area (Å²) in [7, 11) is 0. The summed E-state index contributed by atoms with van der Waals surface area (Å²) in [5.41, 5.74) is -0.959. The van der Waals surface area contributed by atoms with Gasteiger partial charge in [0.1, 0.15) is 0 Å². The zero-order chi connectivity index (χ0) is 23.3. The number of hydrogen-bond acceptors (Lipinski definition) is 4. The maximum absolute atomic E-state index is 13.1. The molecule has 0 heterocycles. The van der Waals surface area contributed by atoms with Crippen LogP contribution in [0.2, 0.25) is 0 Å². The Balaban J connectivity index is 1.82. The van der Waals surface area contributed by atoms with Crippen molar-refractivity contribution in [1.29, 1.82) is 0 Å². The van der Waals surface area contributed by atoms with Gasteiger partial charge in [0.25, 0.3) is 5.69 Å². The smallest absolute Gasteiger partial charge is 0.325 e. The van der Waals surface area contributed by atoms with E-state index in [9.17, 15) is 32.9 Å². The van der Waals surface area contributed by atoms with Crippen LogP contribution >= 0.6 is 0 Å². The molecule has 0 spiro atoms. The van der Waals surface area contributed by atoms with Crippen LogP contribution < -0.4 is 5.32 Å². The minimum Gasteiger partial charge on any atom is -0.325 e. The molecule has 3 rings (SSSR count). The maximum atomic E-state index is 13.1.